The van der Waals surface area contributed by atoms with Gasteiger partial charge in [0.25, 0.3) is 5.91 Å². The summed E-state index contributed by atoms with van der Waals surface area (Å²) in [6.45, 7) is 3.99. The minimum absolute atomic E-state index is 0. The molecule has 1 fully saturated rings. The molecule has 4 aromatic rings. The molecule has 0 spiro atoms. The van der Waals surface area contributed by atoms with E-state index in [9.17, 15) is 18.1 Å². The molecule has 0 radical (unpaired) electrons. The average molecular weight is 664 g/mol. The van der Waals surface area contributed by atoms with E-state index in [1.165, 1.54) is 29.4 Å². The standard InChI is InChI=1S/C25H28F2N7O6PS.K.H/c1-3-39-17-6-4-16(5-7-17)34-12-19(23(32-34)22-18(26)8-9-21(27)31-22)29-24(35)20-13-42-25(30-20)15-10-28-33(11-15)14(2)40-41(36,37)38;;/h8-14,16-17H,3-7H2,1-2H3,(H,29,35)(H2,36,37,38);;. The number of rotatable bonds is 10. The van der Waals surface area contributed by atoms with Crippen LogP contribution in [0.15, 0.2) is 36.1 Å². The molecule has 1 aliphatic rings. The van der Waals surface area contributed by atoms with Crippen molar-refractivity contribution < 1.29 is 37.2 Å². The fraction of sp³-hybridized carbons (Fsp3) is 0.400. The molecule has 226 valence electrons. The maximum atomic E-state index is 14.7. The van der Waals surface area contributed by atoms with Crippen LogP contribution in [0.4, 0.5) is 14.5 Å². The van der Waals surface area contributed by atoms with Crippen molar-refractivity contribution in [3.63, 3.8) is 0 Å². The van der Waals surface area contributed by atoms with Crippen molar-refractivity contribution in [1.82, 2.24) is 29.5 Å². The van der Waals surface area contributed by atoms with E-state index in [1.807, 2.05) is 6.92 Å². The number of halogens is 2. The van der Waals surface area contributed by atoms with Crippen LogP contribution in [0, 0.1) is 11.8 Å². The number of phosphoric acid groups is 1. The summed E-state index contributed by atoms with van der Waals surface area (Å²) in [5, 5.41) is 13.2. The number of carbonyl (C=O) groups is 1. The Hall–Kier alpha value is -1.76. The van der Waals surface area contributed by atoms with Crippen LogP contribution in [0.1, 0.15) is 62.3 Å². The van der Waals surface area contributed by atoms with E-state index >= 15 is 0 Å². The molecule has 1 atom stereocenters. The third-order valence-electron chi connectivity index (χ3n) is 6.68. The van der Waals surface area contributed by atoms with Crippen molar-refractivity contribution in [2.75, 3.05) is 11.9 Å². The van der Waals surface area contributed by atoms with E-state index in [0.717, 1.165) is 49.2 Å². The number of aromatic nitrogens is 6. The number of thiazole rings is 1. The molecule has 1 amide bonds. The van der Waals surface area contributed by atoms with Crippen LogP contribution in [-0.2, 0) is 13.8 Å². The number of nitrogens with zero attached hydrogens (tertiary/aromatic N) is 6. The Kier molecular flexibility index (Phi) is 11.5. The van der Waals surface area contributed by atoms with Gasteiger partial charge < -0.3 is 19.8 Å². The second-order valence-electron chi connectivity index (χ2n) is 9.62. The van der Waals surface area contributed by atoms with E-state index in [4.69, 9.17) is 14.5 Å². The van der Waals surface area contributed by atoms with Gasteiger partial charge in [0, 0.05) is 29.9 Å². The molecule has 3 N–H and O–H groups in total. The average Bonchev–Trinajstić information content (AvgIpc) is 3.70. The predicted octanol–water partition coefficient (Wildman–Crippen LogP) is 4.30. The number of amides is 1. The molecule has 1 unspecified atom stereocenters. The third-order valence-corrected chi connectivity index (χ3v) is 8.16. The molecular formula is C25H29F2KN7O6PS. The van der Waals surface area contributed by atoms with Crippen molar-refractivity contribution in [3.8, 4) is 22.0 Å². The fourth-order valence-corrected chi connectivity index (χ4v) is 6.00. The van der Waals surface area contributed by atoms with Crippen LogP contribution >= 0.6 is 19.2 Å². The number of pyridine rings is 1. The second-order valence-corrected chi connectivity index (χ2v) is 11.7. The van der Waals surface area contributed by atoms with Crippen LogP contribution in [0.3, 0.4) is 0 Å². The number of phosphoric ester groups is 1. The van der Waals surface area contributed by atoms with Crippen molar-refractivity contribution in [2.45, 2.75) is 57.9 Å². The SMILES string of the molecule is CCOC1CCC(n2cc(NC(=O)c3csc(-c4cnn(C(C)OP(=O)(O)O)c4)n3)c(-c3nc(F)ccc3F)n2)CC1.[KH]. The molecule has 0 aliphatic heterocycles. The summed E-state index contributed by atoms with van der Waals surface area (Å²) in [4.78, 5) is 39.3. The molecule has 1 aliphatic carbocycles. The van der Waals surface area contributed by atoms with Crippen LogP contribution < -0.4 is 5.32 Å². The van der Waals surface area contributed by atoms with Gasteiger partial charge in [-0.2, -0.15) is 14.6 Å². The van der Waals surface area contributed by atoms with E-state index in [2.05, 4.69) is 30.0 Å². The van der Waals surface area contributed by atoms with Gasteiger partial charge in [-0.05, 0) is 51.7 Å². The number of nitrogens with one attached hydrogen (secondary N) is 1. The molecule has 0 bridgehead atoms. The Balaban J connectivity index is 0.00000423. The van der Waals surface area contributed by atoms with Gasteiger partial charge in [-0.1, -0.05) is 0 Å². The fourth-order valence-electron chi connectivity index (χ4n) is 4.73. The Morgan fingerprint density at radius 2 is 1.93 bits per heavy atom. The molecule has 13 nitrogen and oxygen atoms in total. The third kappa shape index (κ3) is 8.49. The van der Waals surface area contributed by atoms with E-state index < -0.39 is 31.7 Å². The van der Waals surface area contributed by atoms with E-state index in [0.29, 0.717) is 17.2 Å². The first-order valence-corrected chi connectivity index (χ1v) is 15.5. The van der Waals surface area contributed by atoms with Crippen LogP contribution in [0.2, 0.25) is 0 Å². The van der Waals surface area contributed by atoms with Gasteiger partial charge in [0.05, 0.1) is 24.0 Å². The zero-order valence-electron chi connectivity index (χ0n) is 22.6. The molecular weight excluding hydrogens is 634 g/mol. The van der Waals surface area contributed by atoms with Crippen molar-refractivity contribution in [2.24, 2.45) is 0 Å². The molecule has 0 aromatic carbocycles. The number of hydrogen-bond acceptors (Lipinski definition) is 9. The van der Waals surface area contributed by atoms with Gasteiger partial charge in [0.2, 0.25) is 5.95 Å². The van der Waals surface area contributed by atoms with Crippen LogP contribution in [0.25, 0.3) is 22.0 Å². The molecule has 43 heavy (non-hydrogen) atoms. The summed E-state index contributed by atoms with van der Waals surface area (Å²) in [7, 11) is -4.73. The van der Waals surface area contributed by atoms with Crippen LogP contribution in [-0.4, -0.2) is 109 Å². The Labute approximate surface area is 291 Å². The Morgan fingerprint density at radius 3 is 2.63 bits per heavy atom. The summed E-state index contributed by atoms with van der Waals surface area (Å²) in [6.07, 6.45) is 6.76. The number of anilines is 1. The first kappa shape index (κ1) is 34.1. The van der Waals surface area contributed by atoms with E-state index in [1.54, 1.807) is 10.9 Å². The maximum absolute atomic E-state index is 14.7. The number of ether oxygens (including phenoxy) is 1. The van der Waals surface area contributed by atoms with Gasteiger partial charge in [-0.25, -0.2) is 23.6 Å². The zero-order chi connectivity index (χ0) is 30.0. The Bertz CT molecular complexity index is 1620. The van der Waals surface area contributed by atoms with E-state index in [-0.39, 0.29) is 86.3 Å². The number of carbonyl (C=O) groups excluding carboxylic acids is 1. The summed E-state index contributed by atoms with van der Waals surface area (Å²) in [6, 6.07) is 1.83. The first-order chi connectivity index (χ1) is 20.0. The second kappa shape index (κ2) is 14.6. The van der Waals surface area contributed by atoms with Crippen molar-refractivity contribution in [1.29, 1.82) is 0 Å². The van der Waals surface area contributed by atoms with Gasteiger partial charge in [0.1, 0.15) is 22.1 Å². The Morgan fingerprint density at radius 1 is 1.19 bits per heavy atom. The van der Waals surface area contributed by atoms with Crippen molar-refractivity contribution >= 4 is 82.1 Å². The predicted molar refractivity (Wildman–Crippen MR) is 155 cm³/mol. The van der Waals surface area contributed by atoms with Gasteiger partial charge in [0.15, 0.2) is 12.0 Å². The molecule has 0 saturated heterocycles. The summed E-state index contributed by atoms with van der Waals surface area (Å²) in [5.74, 6) is -2.29. The summed E-state index contributed by atoms with van der Waals surface area (Å²) >= 11 is 1.14. The quantitative estimate of drug-likeness (QED) is 0.127. The molecule has 4 aromatic heterocycles. The monoisotopic (exact) mass is 663 g/mol. The zero-order valence-corrected chi connectivity index (χ0v) is 24.3. The van der Waals surface area contributed by atoms with Gasteiger partial charge in [-0.15, -0.1) is 11.3 Å². The minimum atomic E-state index is -4.73. The summed E-state index contributed by atoms with van der Waals surface area (Å²) in [5.41, 5.74) is 0.344. The number of hydrogen-bond donors (Lipinski definition) is 3. The molecule has 5 rings (SSSR count). The van der Waals surface area contributed by atoms with Gasteiger partial charge in [-0.3, -0.25) is 14.0 Å². The molecule has 1 saturated carbocycles. The van der Waals surface area contributed by atoms with Crippen LogP contribution in [0.5, 0.6) is 0 Å². The molecule has 4 heterocycles. The summed E-state index contributed by atoms with van der Waals surface area (Å²) < 4.78 is 53.1. The normalized spacial score (nSPS) is 17.8. The molecule has 18 heteroatoms. The van der Waals surface area contributed by atoms with Gasteiger partial charge >= 0.3 is 59.2 Å². The first-order valence-electron chi connectivity index (χ1n) is 13.1. The topological polar surface area (TPSA) is 167 Å². The van der Waals surface area contributed by atoms with Crippen molar-refractivity contribution in [3.05, 3.63) is 53.6 Å².